The van der Waals surface area contributed by atoms with Crippen LogP contribution in [-0.4, -0.2) is 46.5 Å². The number of benzene rings is 1. The number of nitrogens with zero attached hydrogens (tertiary/aromatic N) is 3. The van der Waals surface area contributed by atoms with Crippen LogP contribution in [0, 0.1) is 0 Å². The predicted molar refractivity (Wildman–Crippen MR) is 87.4 cm³/mol. The van der Waals surface area contributed by atoms with E-state index in [4.69, 9.17) is 4.74 Å². The number of hydrogen-bond acceptors (Lipinski definition) is 3. The number of ether oxygens (including phenoxy) is 1. The van der Waals surface area contributed by atoms with E-state index in [2.05, 4.69) is 4.98 Å². The van der Waals surface area contributed by atoms with E-state index in [0.29, 0.717) is 32.1 Å². The molecule has 1 saturated heterocycles. The molecule has 0 aliphatic carbocycles. The average molecular weight is 307 g/mol. The first-order valence-corrected chi connectivity index (χ1v) is 7.74. The van der Waals surface area contributed by atoms with Gasteiger partial charge in [0, 0.05) is 24.8 Å². The third kappa shape index (κ3) is 2.49. The van der Waals surface area contributed by atoms with Gasteiger partial charge in [0.15, 0.2) is 0 Å². The van der Waals surface area contributed by atoms with E-state index in [-0.39, 0.29) is 5.91 Å². The van der Waals surface area contributed by atoms with Gasteiger partial charge in [0.2, 0.25) is 5.82 Å². The average Bonchev–Trinajstić information content (AvgIpc) is 3.02. The molecule has 0 unspecified atom stereocenters. The Morgan fingerprint density at radius 3 is 2.52 bits per heavy atom. The maximum atomic E-state index is 12.8. The first kappa shape index (κ1) is 14.0. The molecule has 0 atom stereocenters. The minimum absolute atomic E-state index is 0.0447. The second kappa shape index (κ2) is 5.85. The van der Waals surface area contributed by atoms with Crippen LogP contribution >= 0.6 is 0 Å². The molecule has 23 heavy (non-hydrogen) atoms. The molecule has 5 nitrogen and oxygen atoms in total. The number of rotatable bonds is 2. The molecule has 1 amide bonds. The predicted octanol–water partition coefficient (Wildman–Crippen LogP) is 2.47. The lowest BCUT2D eigenvalue weighted by atomic mass is 10.1. The number of carbonyl (C=O) groups excluding carboxylic acids is 1. The lowest BCUT2D eigenvalue weighted by Gasteiger charge is -2.26. The van der Waals surface area contributed by atoms with Gasteiger partial charge in [-0.05, 0) is 12.1 Å². The Morgan fingerprint density at radius 2 is 1.74 bits per heavy atom. The molecule has 4 rings (SSSR count). The van der Waals surface area contributed by atoms with Gasteiger partial charge in [-0.3, -0.25) is 9.20 Å². The van der Waals surface area contributed by atoms with Crippen molar-refractivity contribution in [3.8, 4) is 11.3 Å². The van der Waals surface area contributed by atoms with Crippen LogP contribution in [-0.2, 0) is 4.74 Å². The maximum Gasteiger partial charge on any atom is 0.290 e. The van der Waals surface area contributed by atoms with Gasteiger partial charge in [0.1, 0.15) is 0 Å². The number of fused-ring (bicyclic) bond motifs is 1. The molecule has 1 aromatic carbocycles. The summed E-state index contributed by atoms with van der Waals surface area (Å²) in [6.07, 6.45) is 1.89. The first-order valence-electron chi connectivity index (χ1n) is 7.74. The molecular formula is C18H17N3O2. The van der Waals surface area contributed by atoms with Crippen LogP contribution in [0.4, 0.5) is 0 Å². The van der Waals surface area contributed by atoms with Gasteiger partial charge in [-0.1, -0.05) is 36.4 Å². The van der Waals surface area contributed by atoms with Crippen LogP contribution in [0.15, 0.2) is 54.7 Å². The van der Waals surface area contributed by atoms with Crippen LogP contribution < -0.4 is 0 Å². The summed E-state index contributed by atoms with van der Waals surface area (Å²) in [4.78, 5) is 19.3. The van der Waals surface area contributed by atoms with Gasteiger partial charge in [0.25, 0.3) is 5.91 Å². The highest BCUT2D eigenvalue weighted by Crippen LogP contribution is 2.25. The number of aromatic nitrogens is 2. The summed E-state index contributed by atoms with van der Waals surface area (Å²) in [7, 11) is 0. The van der Waals surface area contributed by atoms with Crippen molar-refractivity contribution in [3.63, 3.8) is 0 Å². The topological polar surface area (TPSA) is 46.8 Å². The molecule has 1 aliphatic heterocycles. The molecule has 0 saturated carbocycles. The number of morpholine rings is 1. The van der Waals surface area contributed by atoms with E-state index in [1.165, 1.54) is 0 Å². The van der Waals surface area contributed by atoms with E-state index >= 15 is 0 Å². The first-order chi connectivity index (χ1) is 11.3. The zero-order valence-corrected chi connectivity index (χ0v) is 12.7. The fourth-order valence-corrected chi connectivity index (χ4v) is 2.91. The quantitative estimate of drug-likeness (QED) is 0.731. The monoisotopic (exact) mass is 307 g/mol. The normalized spacial score (nSPS) is 15.0. The summed E-state index contributed by atoms with van der Waals surface area (Å²) < 4.78 is 7.20. The summed E-state index contributed by atoms with van der Waals surface area (Å²) in [6, 6.07) is 15.8. The molecule has 3 aromatic rings. The van der Waals surface area contributed by atoms with E-state index in [1.54, 1.807) is 4.90 Å². The molecule has 0 bridgehead atoms. The van der Waals surface area contributed by atoms with E-state index in [1.807, 2.05) is 59.1 Å². The standard InChI is InChI=1S/C18H17N3O2/c22-18(20-10-12-23-13-11-20)17-19-16(14-6-2-1-3-7-14)15-8-4-5-9-21(15)17/h1-9H,10-13H2. The Kier molecular flexibility index (Phi) is 3.55. The molecular weight excluding hydrogens is 290 g/mol. The van der Waals surface area contributed by atoms with Crippen molar-refractivity contribution < 1.29 is 9.53 Å². The molecule has 1 fully saturated rings. The van der Waals surface area contributed by atoms with Gasteiger partial charge in [0.05, 0.1) is 24.4 Å². The lowest BCUT2D eigenvalue weighted by Crippen LogP contribution is -2.41. The highest BCUT2D eigenvalue weighted by molar-refractivity contribution is 5.94. The second-order valence-corrected chi connectivity index (χ2v) is 5.51. The van der Waals surface area contributed by atoms with Gasteiger partial charge < -0.3 is 9.64 Å². The van der Waals surface area contributed by atoms with Crippen molar-refractivity contribution in [1.29, 1.82) is 0 Å². The van der Waals surface area contributed by atoms with E-state index < -0.39 is 0 Å². The second-order valence-electron chi connectivity index (χ2n) is 5.51. The van der Waals surface area contributed by atoms with E-state index in [9.17, 15) is 4.79 Å². The number of carbonyl (C=O) groups is 1. The molecule has 116 valence electrons. The zero-order valence-electron chi connectivity index (χ0n) is 12.7. The Labute approximate surface area is 134 Å². The summed E-state index contributed by atoms with van der Waals surface area (Å²) >= 11 is 0. The van der Waals surface area contributed by atoms with Crippen molar-refractivity contribution in [1.82, 2.24) is 14.3 Å². The number of amides is 1. The lowest BCUT2D eigenvalue weighted by molar-refractivity contribution is 0.0294. The third-order valence-electron chi connectivity index (χ3n) is 4.09. The largest absolute Gasteiger partial charge is 0.378 e. The Morgan fingerprint density at radius 1 is 1.00 bits per heavy atom. The maximum absolute atomic E-state index is 12.8. The molecule has 0 radical (unpaired) electrons. The van der Waals surface area contributed by atoms with Crippen LogP contribution in [0.1, 0.15) is 10.6 Å². The fourth-order valence-electron chi connectivity index (χ4n) is 2.91. The SMILES string of the molecule is O=C(c1nc(-c2ccccc2)c2ccccn12)N1CCOCC1. The summed E-state index contributed by atoms with van der Waals surface area (Å²) in [5, 5.41) is 0. The van der Waals surface area contributed by atoms with Gasteiger partial charge >= 0.3 is 0 Å². The number of hydrogen-bond donors (Lipinski definition) is 0. The molecule has 0 spiro atoms. The smallest absolute Gasteiger partial charge is 0.290 e. The summed E-state index contributed by atoms with van der Waals surface area (Å²) in [5.41, 5.74) is 2.79. The molecule has 3 heterocycles. The fraction of sp³-hybridized carbons (Fsp3) is 0.222. The van der Waals surface area contributed by atoms with Crippen molar-refractivity contribution in [2.75, 3.05) is 26.3 Å². The van der Waals surface area contributed by atoms with Crippen molar-refractivity contribution in [2.45, 2.75) is 0 Å². The molecule has 1 aliphatic rings. The minimum atomic E-state index is -0.0447. The summed E-state index contributed by atoms with van der Waals surface area (Å²) in [5.74, 6) is 0.415. The summed E-state index contributed by atoms with van der Waals surface area (Å²) in [6.45, 7) is 2.39. The molecule has 2 aromatic heterocycles. The van der Waals surface area contributed by atoms with Gasteiger partial charge in [-0.15, -0.1) is 0 Å². The molecule has 0 N–H and O–H groups in total. The Balaban J connectivity index is 1.83. The molecule has 5 heteroatoms. The Bertz CT molecular complexity index is 836. The van der Waals surface area contributed by atoms with Crippen LogP contribution in [0.2, 0.25) is 0 Å². The number of pyridine rings is 1. The van der Waals surface area contributed by atoms with Crippen LogP contribution in [0.3, 0.4) is 0 Å². The van der Waals surface area contributed by atoms with Crippen LogP contribution in [0.25, 0.3) is 16.8 Å². The van der Waals surface area contributed by atoms with Crippen molar-refractivity contribution in [3.05, 3.63) is 60.6 Å². The van der Waals surface area contributed by atoms with E-state index in [0.717, 1.165) is 16.8 Å². The van der Waals surface area contributed by atoms with Crippen molar-refractivity contribution >= 4 is 11.4 Å². The zero-order chi connectivity index (χ0) is 15.6. The highest BCUT2D eigenvalue weighted by Gasteiger charge is 2.24. The van der Waals surface area contributed by atoms with Crippen molar-refractivity contribution in [2.24, 2.45) is 0 Å². The minimum Gasteiger partial charge on any atom is -0.378 e. The highest BCUT2D eigenvalue weighted by atomic mass is 16.5. The Hall–Kier alpha value is -2.66. The van der Waals surface area contributed by atoms with Gasteiger partial charge in [-0.25, -0.2) is 4.98 Å². The van der Waals surface area contributed by atoms with Gasteiger partial charge in [-0.2, -0.15) is 0 Å². The number of imidazole rings is 1. The third-order valence-corrected chi connectivity index (χ3v) is 4.09. The van der Waals surface area contributed by atoms with Crippen LogP contribution in [0.5, 0.6) is 0 Å².